The van der Waals surface area contributed by atoms with E-state index < -0.39 is 0 Å². The maximum Gasteiger partial charge on any atom is 0.123 e. The van der Waals surface area contributed by atoms with Crippen molar-refractivity contribution < 1.29 is 9.13 Å². The fourth-order valence-corrected chi connectivity index (χ4v) is 2.19. The average Bonchev–Trinajstić information content (AvgIpc) is 2.40. The van der Waals surface area contributed by atoms with E-state index in [4.69, 9.17) is 10.5 Å². The predicted octanol–water partition coefficient (Wildman–Crippen LogP) is 3.67. The van der Waals surface area contributed by atoms with Gasteiger partial charge in [-0.1, -0.05) is 28.1 Å². The van der Waals surface area contributed by atoms with Gasteiger partial charge < -0.3 is 10.5 Å². The molecule has 100 valence electrons. The first-order valence-corrected chi connectivity index (χ1v) is 6.84. The minimum atomic E-state index is -0.240. The highest BCUT2D eigenvalue weighted by Gasteiger charge is 2.04. The number of nitrogens with two attached hydrogens (primary N) is 1. The standard InChI is InChI=1S/C15H15BrFNO/c16-13-3-6-15(12(9-13)7-8-18)19-10-11-1-4-14(17)5-2-11/h1-6,9H,7-8,10,18H2. The van der Waals surface area contributed by atoms with Crippen LogP contribution in [0.4, 0.5) is 4.39 Å². The summed E-state index contributed by atoms with van der Waals surface area (Å²) in [5.74, 6) is 0.578. The molecule has 0 aliphatic heterocycles. The molecule has 19 heavy (non-hydrogen) atoms. The summed E-state index contributed by atoms with van der Waals surface area (Å²) in [5.41, 5.74) is 7.59. The molecule has 0 bridgehead atoms. The lowest BCUT2D eigenvalue weighted by molar-refractivity contribution is 0.303. The third kappa shape index (κ3) is 4.04. The number of halogens is 2. The molecule has 0 radical (unpaired) electrons. The molecule has 0 saturated heterocycles. The van der Waals surface area contributed by atoms with Crippen molar-refractivity contribution in [2.24, 2.45) is 5.73 Å². The molecule has 4 heteroatoms. The molecule has 0 amide bonds. The maximum absolute atomic E-state index is 12.8. The lowest BCUT2D eigenvalue weighted by atomic mass is 10.1. The SMILES string of the molecule is NCCc1cc(Br)ccc1OCc1ccc(F)cc1. The molecule has 0 fully saturated rings. The zero-order valence-corrected chi connectivity index (χ0v) is 12.0. The van der Waals surface area contributed by atoms with Crippen LogP contribution in [-0.2, 0) is 13.0 Å². The Morgan fingerprint density at radius 2 is 1.84 bits per heavy atom. The van der Waals surface area contributed by atoms with Crippen molar-refractivity contribution in [3.63, 3.8) is 0 Å². The summed E-state index contributed by atoms with van der Waals surface area (Å²) in [6.07, 6.45) is 0.762. The Labute approximate surface area is 120 Å². The van der Waals surface area contributed by atoms with Gasteiger partial charge in [0.2, 0.25) is 0 Å². The molecule has 0 unspecified atom stereocenters. The Balaban J connectivity index is 2.08. The monoisotopic (exact) mass is 323 g/mol. The summed E-state index contributed by atoms with van der Waals surface area (Å²) in [7, 11) is 0. The zero-order chi connectivity index (χ0) is 13.7. The summed E-state index contributed by atoms with van der Waals surface area (Å²) in [6, 6.07) is 12.2. The van der Waals surface area contributed by atoms with E-state index in [2.05, 4.69) is 15.9 Å². The quantitative estimate of drug-likeness (QED) is 0.911. The Hall–Kier alpha value is -1.39. The van der Waals surface area contributed by atoms with E-state index in [-0.39, 0.29) is 5.82 Å². The summed E-state index contributed by atoms with van der Waals surface area (Å²) in [4.78, 5) is 0. The summed E-state index contributed by atoms with van der Waals surface area (Å²) >= 11 is 3.43. The second-order valence-corrected chi connectivity index (χ2v) is 5.12. The van der Waals surface area contributed by atoms with E-state index in [1.807, 2.05) is 18.2 Å². The van der Waals surface area contributed by atoms with Crippen LogP contribution in [0.2, 0.25) is 0 Å². The van der Waals surface area contributed by atoms with E-state index >= 15 is 0 Å². The highest BCUT2D eigenvalue weighted by Crippen LogP contribution is 2.24. The van der Waals surface area contributed by atoms with Gasteiger partial charge in [0.1, 0.15) is 18.2 Å². The molecule has 2 rings (SSSR count). The van der Waals surface area contributed by atoms with E-state index in [9.17, 15) is 4.39 Å². The molecule has 0 aliphatic rings. The highest BCUT2D eigenvalue weighted by atomic mass is 79.9. The number of hydrogen-bond acceptors (Lipinski definition) is 2. The summed E-state index contributed by atoms with van der Waals surface area (Å²) < 4.78 is 19.6. The van der Waals surface area contributed by atoms with Crippen LogP contribution in [0.3, 0.4) is 0 Å². The van der Waals surface area contributed by atoms with Gasteiger partial charge in [-0.25, -0.2) is 4.39 Å². The van der Waals surface area contributed by atoms with Gasteiger partial charge in [-0.15, -0.1) is 0 Å². The Morgan fingerprint density at radius 1 is 1.11 bits per heavy atom. The lowest BCUT2D eigenvalue weighted by Crippen LogP contribution is -2.05. The molecule has 0 saturated carbocycles. The lowest BCUT2D eigenvalue weighted by Gasteiger charge is -2.11. The van der Waals surface area contributed by atoms with Crippen molar-refractivity contribution in [1.29, 1.82) is 0 Å². The van der Waals surface area contributed by atoms with Crippen LogP contribution < -0.4 is 10.5 Å². The van der Waals surface area contributed by atoms with Crippen LogP contribution in [0.25, 0.3) is 0 Å². The molecule has 2 N–H and O–H groups in total. The van der Waals surface area contributed by atoms with E-state index in [1.54, 1.807) is 12.1 Å². The van der Waals surface area contributed by atoms with Crippen molar-refractivity contribution in [2.75, 3.05) is 6.54 Å². The van der Waals surface area contributed by atoms with Gasteiger partial charge in [-0.05, 0) is 54.4 Å². The van der Waals surface area contributed by atoms with Crippen LogP contribution in [0, 0.1) is 5.82 Å². The largest absolute Gasteiger partial charge is 0.489 e. The molecule has 2 aromatic carbocycles. The van der Waals surface area contributed by atoms with Gasteiger partial charge in [0, 0.05) is 4.47 Å². The molecule has 0 aliphatic carbocycles. The van der Waals surface area contributed by atoms with Crippen LogP contribution in [-0.4, -0.2) is 6.54 Å². The van der Waals surface area contributed by atoms with Crippen LogP contribution in [0.5, 0.6) is 5.75 Å². The van der Waals surface area contributed by atoms with Gasteiger partial charge in [0.25, 0.3) is 0 Å². The minimum Gasteiger partial charge on any atom is -0.489 e. The number of rotatable bonds is 5. The number of ether oxygens (including phenoxy) is 1. The van der Waals surface area contributed by atoms with E-state index in [0.29, 0.717) is 13.2 Å². The molecule has 0 aromatic heterocycles. The highest BCUT2D eigenvalue weighted by molar-refractivity contribution is 9.10. The third-order valence-corrected chi connectivity index (χ3v) is 3.24. The molecule has 2 aromatic rings. The zero-order valence-electron chi connectivity index (χ0n) is 10.4. The Bertz CT molecular complexity index is 542. The molecule has 0 heterocycles. The third-order valence-electron chi connectivity index (χ3n) is 2.74. The topological polar surface area (TPSA) is 35.2 Å². The normalized spacial score (nSPS) is 10.5. The van der Waals surface area contributed by atoms with Crippen molar-refractivity contribution in [3.8, 4) is 5.75 Å². The van der Waals surface area contributed by atoms with Crippen LogP contribution in [0.15, 0.2) is 46.9 Å². The van der Waals surface area contributed by atoms with Crippen molar-refractivity contribution >= 4 is 15.9 Å². The van der Waals surface area contributed by atoms with Gasteiger partial charge >= 0.3 is 0 Å². The minimum absolute atomic E-state index is 0.240. The van der Waals surface area contributed by atoms with Gasteiger partial charge in [0.15, 0.2) is 0 Å². The first-order valence-electron chi connectivity index (χ1n) is 6.05. The van der Waals surface area contributed by atoms with Gasteiger partial charge in [-0.2, -0.15) is 0 Å². The van der Waals surface area contributed by atoms with Gasteiger partial charge in [0.05, 0.1) is 0 Å². The maximum atomic E-state index is 12.8. The molecule has 2 nitrogen and oxygen atoms in total. The first-order chi connectivity index (χ1) is 9.19. The number of benzene rings is 2. The van der Waals surface area contributed by atoms with Crippen molar-refractivity contribution in [2.45, 2.75) is 13.0 Å². The van der Waals surface area contributed by atoms with Gasteiger partial charge in [-0.3, -0.25) is 0 Å². The second kappa shape index (κ2) is 6.68. The van der Waals surface area contributed by atoms with Crippen molar-refractivity contribution in [3.05, 3.63) is 63.9 Å². The first kappa shape index (κ1) is 14.0. The smallest absolute Gasteiger partial charge is 0.123 e. The molecular weight excluding hydrogens is 309 g/mol. The Kier molecular flexibility index (Phi) is 4.93. The van der Waals surface area contributed by atoms with Crippen LogP contribution in [0.1, 0.15) is 11.1 Å². The Morgan fingerprint density at radius 3 is 2.53 bits per heavy atom. The average molecular weight is 324 g/mol. The fraction of sp³-hybridized carbons (Fsp3) is 0.200. The molecular formula is C15H15BrFNO. The molecule has 0 atom stereocenters. The summed E-state index contributed by atoms with van der Waals surface area (Å²) in [5, 5.41) is 0. The van der Waals surface area contributed by atoms with Crippen molar-refractivity contribution in [1.82, 2.24) is 0 Å². The predicted molar refractivity (Wildman–Crippen MR) is 77.6 cm³/mol. The number of hydrogen-bond donors (Lipinski definition) is 1. The van der Waals surface area contributed by atoms with E-state index in [0.717, 1.165) is 27.8 Å². The second-order valence-electron chi connectivity index (χ2n) is 4.21. The van der Waals surface area contributed by atoms with Crippen LogP contribution >= 0.6 is 15.9 Å². The van der Waals surface area contributed by atoms with E-state index in [1.165, 1.54) is 12.1 Å². The summed E-state index contributed by atoms with van der Waals surface area (Å²) in [6.45, 7) is 0.989. The molecule has 0 spiro atoms. The fourth-order valence-electron chi connectivity index (χ4n) is 1.78.